The van der Waals surface area contributed by atoms with Gasteiger partial charge in [0, 0.05) is 56.6 Å². The van der Waals surface area contributed by atoms with E-state index in [1.165, 1.54) is 10.9 Å². The number of halogens is 2. The van der Waals surface area contributed by atoms with Gasteiger partial charge in [0.2, 0.25) is 23.5 Å². The van der Waals surface area contributed by atoms with E-state index in [4.69, 9.17) is 20.2 Å². The molecule has 2 saturated heterocycles. The Hall–Kier alpha value is -6.87. The molecule has 5 aromatic rings. The zero-order valence-electron chi connectivity index (χ0n) is 35.5. The van der Waals surface area contributed by atoms with Crippen molar-refractivity contribution in [2.45, 2.75) is 70.0 Å². The molecule has 21 heteroatoms. The highest BCUT2D eigenvalue weighted by Crippen LogP contribution is 2.35. The minimum Gasteiger partial charge on any atom is -0.478 e. The van der Waals surface area contributed by atoms with Crippen LogP contribution in [-0.4, -0.2) is 111 Å². The summed E-state index contributed by atoms with van der Waals surface area (Å²) in [6.07, 6.45) is 7.69. The first-order valence-corrected chi connectivity index (χ1v) is 21.8. The first-order valence-electron chi connectivity index (χ1n) is 21.8. The normalized spacial score (nSPS) is 20.1. The number of primary amides is 1. The van der Waals surface area contributed by atoms with Gasteiger partial charge >= 0.3 is 5.65 Å². The van der Waals surface area contributed by atoms with Crippen molar-refractivity contribution in [3.63, 3.8) is 0 Å². The maximum atomic E-state index is 14.5. The third-order valence-electron chi connectivity index (χ3n) is 12.4. The Balaban J connectivity index is 0.727. The number of amides is 5. The summed E-state index contributed by atoms with van der Waals surface area (Å²) in [7, 11) is 0. The van der Waals surface area contributed by atoms with Crippen LogP contribution in [-0.2, 0) is 20.9 Å². The molecule has 19 nitrogen and oxygen atoms in total. The average molecular weight is 896 g/mol. The molecule has 9 rings (SSSR count). The van der Waals surface area contributed by atoms with Crippen molar-refractivity contribution >= 4 is 46.7 Å². The average Bonchev–Trinajstić information content (AvgIpc) is 4.00. The van der Waals surface area contributed by atoms with Crippen LogP contribution in [0.2, 0.25) is 0 Å². The minimum absolute atomic E-state index is 0.0505. The van der Waals surface area contributed by atoms with Gasteiger partial charge < -0.3 is 30.7 Å². The number of morpholine rings is 1. The number of benzene rings is 1. The van der Waals surface area contributed by atoms with E-state index >= 15 is 0 Å². The summed E-state index contributed by atoms with van der Waals surface area (Å²) in [4.78, 5) is 75.1. The quantitative estimate of drug-likeness (QED) is 0.0636. The van der Waals surface area contributed by atoms with Crippen molar-refractivity contribution in [2.75, 3.05) is 56.2 Å². The molecule has 0 spiro atoms. The lowest BCUT2D eigenvalue weighted by atomic mass is 9.86. The Morgan fingerprint density at radius 3 is 2.57 bits per heavy atom. The predicted molar refractivity (Wildman–Crippen MR) is 228 cm³/mol. The second-order valence-electron chi connectivity index (χ2n) is 16.6. The number of aromatic nitrogens is 6. The van der Waals surface area contributed by atoms with Gasteiger partial charge in [-0.1, -0.05) is 12.1 Å². The number of ether oxygens (including phenoxy) is 2. The van der Waals surface area contributed by atoms with Gasteiger partial charge in [0.15, 0.2) is 11.3 Å². The molecule has 3 aliphatic heterocycles. The van der Waals surface area contributed by atoms with Crippen molar-refractivity contribution < 1.29 is 46.7 Å². The van der Waals surface area contributed by atoms with Crippen LogP contribution < -0.4 is 35.8 Å². The van der Waals surface area contributed by atoms with E-state index in [0.717, 1.165) is 42.7 Å². The van der Waals surface area contributed by atoms with Gasteiger partial charge in [-0.25, -0.2) is 13.8 Å². The standard InChI is InChI=1S/C44H48F2N12O7/c45-39(46)38-33(57-24-30(40(47)60)41-51-34(13-15-56(41)57)54-16-19-64-20-17-54)25-55(53-38)28-8-5-26(6-9-28)21-48-22-27-7-12-36(50-23-27)65-18-2-14-49-31-4-1-3-29-37(31)44(63)58(43(29)62)32-10-11-35(59)52-42(32)61/h1,3-4,7,12-13,15,23-26,28,32,39,48H,2,5-6,8-11,14,16-22H2,(H3-,47,49,52,59,60,61,63)/p+1/t26-,28-,32?. The number of hydrogen-bond acceptors (Lipinski definition) is 13. The third kappa shape index (κ3) is 8.97. The molecule has 4 aromatic heterocycles. The number of fused-ring (bicyclic) bond motifs is 2. The SMILES string of the molecule is NC(=O)c1cn(-c2cn([C@H]3CC[C@H](CNCc4ccc(OCCCNc5cccc6c5C(=O)N(C5CCC(=O)NC5=O)C6=O)nc4)CC3)nc2C(F)F)[n+]2ccc(N3CCOCC3)nc12. The minimum atomic E-state index is -2.85. The van der Waals surface area contributed by atoms with E-state index in [0.29, 0.717) is 75.7 Å². The number of imide groups is 2. The van der Waals surface area contributed by atoms with Gasteiger partial charge in [-0.2, -0.15) is 9.78 Å². The lowest BCUT2D eigenvalue weighted by Gasteiger charge is -2.29. The molecular weight excluding hydrogens is 847 g/mol. The molecule has 5 N–H and O–H groups in total. The van der Waals surface area contributed by atoms with E-state index in [9.17, 15) is 32.8 Å². The molecule has 1 unspecified atom stereocenters. The van der Waals surface area contributed by atoms with Gasteiger partial charge in [-0.3, -0.25) is 38.9 Å². The highest BCUT2D eigenvalue weighted by molar-refractivity contribution is 6.25. The van der Waals surface area contributed by atoms with Crippen LogP contribution in [0, 0.1) is 5.92 Å². The van der Waals surface area contributed by atoms with Gasteiger partial charge in [-0.15, -0.1) is 4.52 Å². The number of hydrogen-bond donors (Lipinski definition) is 4. The highest BCUT2D eigenvalue weighted by atomic mass is 19.3. The smallest absolute Gasteiger partial charge is 0.363 e. The molecule has 65 heavy (non-hydrogen) atoms. The molecule has 5 amide bonds. The van der Waals surface area contributed by atoms with Crippen molar-refractivity contribution in [3.8, 4) is 11.6 Å². The molecule has 0 radical (unpaired) electrons. The number of piperidine rings is 1. The zero-order chi connectivity index (χ0) is 45.2. The Morgan fingerprint density at radius 1 is 1.02 bits per heavy atom. The summed E-state index contributed by atoms with van der Waals surface area (Å²) < 4.78 is 45.0. The second kappa shape index (κ2) is 18.7. The molecule has 1 aromatic carbocycles. The molecule has 3 fully saturated rings. The van der Waals surface area contributed by atoms with Gasteiger partial charge in [-0.05, 0) is 73.7 Å². The first kappa shape index (κ1) is 43.4. The number of carbonyl (C=O) groups excluding carboxylic acids is 5. The topological polar surface area (TPSA) is 225 Å². The lowest BCUT2D eigenvalue weighted by molar-refractivity contribution is -0.600. The third-order valence-corrected chi connectivity index (χ3v) is 12.4. The van der Waals surface area contributed by atoms with Crippen LogP contribution >= 0.6 is 0 Å². The fraction of sp³-hybridized carbons (Fsp3) is 0.432. The lowest BCUT2D eigenvalue weighted by Crippen LogP contribution is -2.54. The molecule has 0 bridgehead atoms. The Bertz CT molecular complexity index is 2620. The van der Waals surface area contributed by atoms with Crippen LogP contribution in [0.3, 0.4) is 0 Å². The number of alkyl halides is 2. The van der Waals surface area contributed by atoms with E-state index in [1.54, 1.807) is 52.1 Å². The summed E-state index contributed by atoms with van der Waals surface area (Å²) in [5.41, 5.74) is 7.76. The molecule has 1 aliphatic carbocycles. The summed E-state index contributed by atoms with van der Waals surface area (Å²) in [5, 5.41) is 13.3. The molecule has 7 heterocycles. The van der Waals surface area contributed by atoms with Crippen LogP contribution in [0.5, 0.6) is 5.88 Å². The first-order chi connectivity index (χ1) is 31.5. The number of pyridine rings is 1. The molecular formula is C44H49F2N12O7+. The van der Waals surface area contributed by atoms with Gasteiger partial charge in [0.1, 0.15) is 17.9 Å². The van der Waals surface area contributed by atoms with Gasteiger partial charge in [0.25, 0.3) is 24.1 Å². The van der Waals surface area contributed by atoms with E-state index in [-0.39, 0.29) is 52.6 Å². The molecule has 1 saturated carbocycles. The Kier molecular flexibility index (Phi) is 12.5. The zero-order valence-corrected chi connectivity index (χ0v) is 35.5. The van der Waals surface area contributed by atoms with Crippen LogP contribution in [0.25, 0.3) is 11.3 Å². The summed E-state index contributed by atoms with van der Waals surface area (Å²) in [6.45, 7) is 4.56. The molecule has 340 valence electrons. The summed E-state index contributed by atoms with van der Waals surface area (Å²) in [5.74, 6) is -1.42. The number of rotatable bonds is 16. The predicted octanol–water partition coefficient (Wildman–Crippen LogP) is 2.88. The number of anilines is 2. The largest absolute Gasteiger partial charge is 0.478 e. The summed E-state index contributed by atoms with van der Waals surface area (Å²) in [6, 6.07) is 9.37. The van der Waals surface area contributed by atoms with E-state index in [2.05, 4.69) is 26.0 Å². The fourth-order valence-corrected chi connectivity index (χ4v) is 9.02. The van der Waals surface area contributed by atoms with Crippen LogP contribution in [0.1, 0.15) is 99.7 Å². The van der Waals surface area contributed by atoms with Crippen LogP contribution in [0.4, 0.5) is 20.3 Å². The van der Waals surface area contributed by atoms with Crippen molar-refractivity contribution in [1.29, 1.82) is 0 Å². The Morgan fingerprint density at radius 2 is 1.83 bits per heavy atom. The van der Waals surface area contributed by atoms with Crippen LogP contribution in [0.15, 0.2) is 61.2 Å². The molecule has 1 atom stereocenters. The van der Waals surface area contributed by atoms with Crippen molar-refractivity contribution in [2.24, 2.45) is 11.7 Å². The number of nitrogens with two attached hydrogens (primary N) is 1. The summed E-state index contributed by atoms with van der Waals surface area (Å²) >= 11 is 0. The monoisotopic (exact) mass is 895 g/mol. The maximum Gasteiger partial charge on any atom is 0.363 e. The highest BCUT2D eigenvalue weighted by Gasteiger charge is 2.45. The molecule has 4 aliphatic rings. The Labute approximate surface area is 371 Å². The second-order valence-corrected chi connectivity index (χ2v) is 16.6. The fourth-order valence-electron chi connectivity index (χ4n) is 9.02. The number of nitrogens with one attached hydrogen (secondary N) is 3. The van der Waals surface area contributed by atoms with E-state index < -0.39 is 42.0 Å². The van der Waals surface area contributed by atoms with Crippen molar-refractivity contribution in [1.82, 2.24) is 40.0 Å². The van der Waals surface area contributed by atoms with E-state index in [1.807, 2.05) is 17.0 Å². The maximum absolute atomic E-state index is 14.5. The van der Waals surface area contributed by atoms with Gasteiger partial charge in [0.05, 0.1) is 49.4 Å². The number of carbonyl (C=O) groups is 5. The number of nitrogens with zero attached hydrogens (tertiary/aromatic N) is 8. The van der Waals surface area contributed by atoms with Crippen molar-refractivity contribution in [3.05, 3.63) is 89.1 Å².